The molecule has 2 aliphatic rings. The molecule has 11 heteroatoms. The fraction of sp³-hybridized carbons (Fsp3) is 0.417. The first kappa shape index (κ1) is 23.0. The molecule has 1 saturated carbocycles. The van der Waals surface area contributed by atoms with Crippen LogP contribution in [0.5, 0.6) is 0 Å². The monoisotopic (exact) mass is 481 g/mol. The molecule has 1 aromatic carbocycles. The molecule has 0 bridgehead atoms. The highest BCUT2D eigenvalue weighted by atomic mass is 19.1. The Hall–Kier alpha value is -3.76. The average molecular weight is 482 g/mol. The number of benzene rings is 1. The first-order valence-electron chi connectivity index (χ1n) is 11.6. The van der Waals surface area contributed by atoms with E-state index in [1.54, 1.807) is 43.3 Å². The number of rotatable bonds is 7. The zero-order valence-electron chi connectivity index (χ0n) is 19.1. The molecule has 3 heterocycles. The molecule has 3 atom stereocenters. The number of carbonyl (C=O) groups excluding carboxylic acids is 2. The Morgan fingerprint density at radius 3 is 2.60 bits per heavy atom. The summed E-state index contributed by atoms with van der Waals surface area (Å²) in [4.78, 5) is 31.6. The van der Waals surface area contributed by atoms with E-state index in [1.807, 2.05) is 6.07 Å². The number of tetrazole rings is 1. The van der Waals surface area contributed by atoms with Gasteiger partial charge in [0.25, 0.3) is 0 Å². The Labute approximate surface area is 200 Å². The van der Waals surface area contributed by atoms with E-state index in [9.17, 15) is 18.4 Å². The van der Waals surface area contributed by atoms with Crippen molar-refractivity contribution in [3.05, 3.63) is 71.1 Å². The molecular weight excluding hydrogens is 456 g/mol. The molecule has 9 nitrogen and oxygen atoms in total. The van der Waals surface area contributed by atoms with Crippen molar-refractivity contribution in [2.24, 2.45) is 0 Å². The van der Waals surface area contributed by atoms with Crippen LogP contribution in [0.25, 0.3) is 0 Å². The van der Waals surface area contributed by atoms with Crippen molar-refractivity contribution in [1.82, 2.24) is 35.4 Å². The molecule has 1 saturated heterocycles. The van der Waals surface area contributed by atoms with Crippen LogP contribution in [0.2, 0.25) is 0 Å². The van der Waals surface area contributed by atoms with Crippen molar-refractivity contribution < 1.29 is 18.4 Å². The van der Waals surface area contributed by atoms with Gasteiger partial charge in [-0.2, -0.15) is 4.39 Å². The third-order valence-corrected chi connectivity index (χ3v) is 6.50. The maximum Gasteiger partial charge on any atom is 0.245 e. The number of nitrogens with zero attached hydrogens (tertiary/aromatic N) is 6. The van der Waals surface area contributed by atoms with Gasteiger partial charge in [-0.3, -0.25) is 9.59 Å². The minimum absolute atomic E-state index is 0.129. The Balaban J connectivity index is 1.38. The van der Waals surface area contributed by atoms with Gasteiger partial charge >= 0.3 is 0 Å². The topological polar surface area (TPSA) is 106 Å². The van der Waals surface area contributed by atoms with Gasteiger partial charge < -0.3 is 10.2 Å². The largest absolute Gasteiger partial charge is 0.342 e. The Morgan fingerprint density at radius 1 is 1.17 bits per heavy atom. The van der Waals surface area contributed by atoms with Crippen LogP contribution in [0, 0.1) is 12.9 Å². The van der Waals surface area contributed by atoms with E-state index in [-0.39, 0.29) is 25.4 Å². The second-order valence-corrected chi connectivity index (χ2v) is 9.02. The first-order valence-corrected chi connectivity index (χ1v) is 11.6. The van der Waals surface area contributed by atoms with Crippen LogP contribution in [-0.4, -0.2) is 60.7 Å². The normalized spacial score (nSPS) is 20.6. The summed E-state index contributed by atoms with van der Waals surface area (Å²) in [5.74, 6) is -0.908. The smallest absolute Gasteiger partial charge is 0.245 e. The second kappa shape index (κ2) is 9.47. The third kappa shape index (κ3) is 4.89. The van der Waals surface area contributed by atoms with Crippen molar-refractivity contribution in [2.75, 3.05) is 6.54 Å². The van der Waals surface area contributed by atoms with Gasteiger partial charge in [-0.15, -0.1) is 5.10 Å². The van der Waals surface area contributed by atoms with Gasteiger partial charge in [-0.1, -0.05) is 36.4 Å². The SMILES string of the molecule is Cc1nnnn1CC(=O)N1C[C@H](F)C[C@H]1C(=O)N[C@@H](c1ccccc1)c1ccc(C2CC2)c(F)n1. The van der Waals surface area contributed by atoms with Gasteiger partial charge in [0.2, 0.25) is 17.8 Å². The third-order valence-electron chi connectivity index (χ3n) is 6.50. The number of halogens is 2. The molecule has 2 amide bonds. The van der Waals surface area contributed by atoms with E-state index in [2.05, 4.69) is 25.8 Å². The highest BCUT2D eigenvalue weighted by Gasteiger charge is 2.41. The predicted octanol–water partition coefficient (Wildman–Crippen LogP) is 2.24. The summed E-state index contributed by atoms with van der Waals surface area (Å²) >= 11 is 0. The lowest BCUT2D eigenvalue weighted by molar-refractivity contribution is -0.139. The number of amides is 2. The summed E-state index contributed by atoms with van der Waals surface area (Å²) < 4.78 is 30.4. The van der Waals surface area contributed by atoms with Crippen molar-refractivity contribution in [1.29, 1.82) is 0 Å². The van der Waals surface area contributed by atoms with E-state index >= 15 is 0 Å². The van der Waals surface area contributed by atoms with Crippen molar-refractivity contribution >= 4 is 11.8 Å². The van der Waals surface area contributed by atoms with Crippen molar-refractivity contribution in [2.45, 2.75) is 56.9 Å². The van der Waals surface area contributed by atoms with Gasteiger partial charge in [0.05, 0.1) is 18.3 Å². The Morgan fingerprint density at radius 2 is 1.94 bits per heavy atom. The molecule has 182 valence electrons. The molecule has 1 aliphatic heterocycles. The highest BCUT2D eigenvalue weighted by molar-refractivity contribution is 5.88. The lowest BCUT2D eigenvalue weighted by Gasteiger charge is -2.26. The van der Waals surface area contributed by atoms with Crippen LogP contribution in [0.1, 0.15) is 53.9 Å². The van der Waals surface area contributed by atoms with Gasteiger partial charge in [0.15, 0.2) is 0 Å². The lowest BCUT2D eigenvalue weighted by atomic mass is 10.0. The number of aromatic nitrogens is 5. The average Bonchev–Trinajstić information content (AvgIpc) is 3.50. The Kier molecular flexibility index (Phi) is 6.23. The number of pyridine rings is 1. The number of carbonyl (C=O) groups is 2. The van der Waals surface area contributed by atoms with E-state index in [0.29, 0.717) is 22.6 Å². The molecule has 3 aromatic rings. The number of hydrogen-bond acceptors (Lipinski definition) is 6. The van der Waals surface area contributed by atoms with Crippen molar-refractivity contribution in [3.8, 4) is 0 Å². The minimum Gasteiger partial charge on any atom is -0.342 e. The van der Waals surface area contributed by atoms with Crippen molar-refractivity contribution in [3.63, 3.8) is 0 Å². The fourth-order valence-corrected chi connectivity index (χ4v) is 4.45. The molecule has 0 radical (unpaired) electrons. The van der Waals surface area contributed by atoms with Crippen LogP contribution in [0.15, 0.2) is 42.5 Å². The van der Waals surface area contributed by atoms with Crippen LogP contribution in [0.4, 0.5) is 8.78 Å². The van der Waals surface area contributed by atoms with Crippen LogP contribution < -0.4 is 5.32 Å². The van der Waals surface area contributed by atoms with Gasteiger partial charge in [-0.05, 0) is 47.7 Å². The fourth-order valence-electron chi connectivity index (χ4n) is 4.45. The van der Waals surface area contributed by atoms with Gasteiger partial charge in [0.1, 0.15) is 24.6 Å². The zero-order chi connectivity index (χ0) is 24.5. The summed E-state index contributed by atoms with van der Waals surface area (Å²) in [6, 6.07) is 10.7. The number of aryl methyl sites for hydroxylation is 1. The summed E-state index contributed by atoms with van der Waals surface area (Å²) in [5.41, 5.74) is 1.62. The van der Waals surface area contributed by atoms with E-state index < -0.39 is 36.0 Å². The first-order chi connectivity index (χ1) is 16.9. The van der Waals surface area contributed by atoms with Gasteiger partial charge in [0, 0.05) is 12.0 Å². The summed E-state index contributed by atoms with van der Waals surface area (Å²) in [7, 11) is 0. The minimum atomic E-state index is -1.34. The molecule has 2 fully saturated rings. The predicted molar refractivity (Wildman–Crippen MR) is 120 cm³/mol. The highest BCUT2D eigenvalue weighted by Crippen LogP contribution is 2.41. The maximum absolute atomic E-state index is 14.7. The van der Waals surface area contributed by atoms with E-state index in [0.717, 1.165) is 12.8 Å². The number of nitrogens with one attached hydrogen (secondary N) is 1. The maximum atomic E-state index is 14.7. The molecule has 0 spiro atoms. The number of likely N-dealkylation sites (tertiary alicyclic amines) is 1. The van der Waals surface area contributed by atoms with Crippen LogP contribution in [-0.2, 0) is 16.1 Å². The summed E-state index contributed by atoms with van der Waals surface area (Å²) in [6.07, 6.45) is 0.414. The Bertz CT molecular complexity index is 1230. The summed E-state index contributed by atoms with van der Waals surface area (Å²) in [5, 5.41) is 13.9. The lowest BCUT2D eigenvalue weighted by Crippen LogP contribution is -2.48. The van der Waals surface area contributed by atoms with Crippen LogP contribution in [0.3, 0.4) is 0 Å². The standard InChI is InChI=1S/C24H25F2N7O2/c1-14-29-30-31-33(14)13-21(34)32-12-17(25)11-20(32)24(35)28-22(16-5-3-2-4-6-16)19-10-9-18(15-7-8-15)23(26)27-19/h2-6,9-10,15,17,20,22H,7-8,11-13H2,1H3,(H,28,35)/t17-,20+,22+/m1/s1. The number of alkyl halides is 1. The summed E-state index contributed by atoms with van der Waals surface area (Å²) in [6.45, 7) is 1.24. The van der Waals surface area contributed by atoms with E-state index in [4.69, 9.17) is 0 Å². The van der Waals surface area contributed by atoms with Gasteiger partial charge in [-0.25, -0.2) is 14.1 Å². The molecular formula is C24H25F2N7O2. The number of hydrogen-bond donors (Lipinski definition) is 1. The van der Waals surface area contributed by atoms with E-state index in [1.165, 1.54) is 9.58 Å². The molecule has 5 rings (SSSR count). The molecule has 0 unspecified atom stereocenters. The molecule has 35 heavy (non-hydrogen) atoms. The zero-order valence-corrected chi connectivity index (χ0v) is 19.1. The molecule has 1 N–H and O–H groups in total. The van der Waals surface area contributed by atoms with Crippen LogP contribution >= 0.6 is 0 Å². The quantitative estimate of drug-likeness (QED) is 0.519. The molecule has 2 aromatic heterocycles. The second-order valence-electron chi connectivity index (χ2n) is 9.02. The molecule has 1 aliphatic carbocycles.